The zero-order valence-corrected chi connectivity index (χ0v) is 7.88. The summed E-state index contributed by atoms with van der Waals surface area (Å²) in [6.45, 7) is 0. The minimum Gasteiger partial charge on any atom is -0.478 e. The van der Waals surface area contributed by atoms with Crippen LogP contribution in [-0.2, 0) is 9.84 Å². The zero-order chi connectivity index (χ0) is 10.9. The maximum Gasteiger partial charge on any atom is 0.337 e. The summed E-state index contributed by atoms with van der Waals surface area (Å²) in [6.07, 6.45) is 1.58. The second-order valence-electron chi connectivity index (χ2n) is 2.59. The molecule has 7 heteroatoms. The third kappa shape index (κ3) is 2.05. The molecule has 76 valence electrons. The van der Waals surface area contributed by atoms with E-state index in [1.807, 2.05) is 0 Å². The zero-order valence-electron chi connectivity index (χ0n) is 7.06. The van der Waals surface area contributed by atoms with Crippen LogP contribution in [0.1, 0.15) is 10.4 Å². The molecular weight excluding hydrogens is 213 g/mol. The van der Waals surface area contributed by atoms with Crippen LogP contribution in [0.4, 0.5) is 4.39 Å². The van der Waals surface area contributed by atoms with Crippen LogP contribution in [0.15, 0.2) is 17.3 Å². The highest BCUT2D eigenvalue weighted by atomic mass is 32.2. The van der Waals surface area contributed by atoms with Gasteiger partial charge in [0.1, 0.15) is 0 Å². The van der Waals surface area contributed by atoms with Gasteiger partial charge in [-0.2, -0.15) is 0 Å². The van der Waals surface area contributed by atoms with E-state index in [2.05, 4.69) is 4.98 Å². The van der Waals surface area contributed by atoms with E-state index < -0.39 is 32.2 Å². The molecule has 0 bridgehead atoms. The summed E-state index contributed by atoms with van der Waals surface area (Å²) in [5, 5.41) is 7.70. The first kappa shape index (κ1) is 10.6. The van der Waals surface area contributed by atoms with E-state index in [0.29, 0.717) is 6.07 Å². The highest BCUT2D eigenvalue weighted by Gasteiger charge is 2.17. The summed E-state index contributed by atoms with van der Waals surface area (Å²) in [5.74, 6) is -2.52. The van der Waals surface area contributed by atoms with E-state index in [1.54, 1.807) is 0 Å². The summed E-state index contributed by atoms with van der Waals surface area (Å²) >= 11 is 0. The first-order valence-electron chi connectivity index (χ1n) is 3.41. The highest BCUT2D eigenvalue weighted by molar-refractivity contribution is 7.90. The van der Waals surface area contributed by atoms with Gasteiger partial charge in [0, 0.05) is 12.5 Å². The van der Waals surface area contributed by atoms with Crippen molar-refractivity contribution in [2.24, 2.45) is 0 Å². The summed E-state index contributed by atoms with van der Waals surface area (Å²) in [6, 6.07) is 0.617. The molecule has 0 saturated heterocycles. The molecule has 0 aliphatic carbocycles. The van der Waals surface area contributed by atoms with Crippen LogP contribution in [0.25, 0.3) is 0 Å². The lowest BCUT2D eigenvalue weighted by atomic mass is 10.3. The predicted molar refractivity (Wildman–Crippen MR) is 44.3 cm³/mol. The van der Waals surface area contributed by atoms with Crippen molar-refractivity contribution in [1.29, 1.82) is 0 Å². The second kappa shape index (κ2) is 3.33. The number of halogens is 1. The third-order valence-electron chi connectivity index (χ3n) is 1.41. The first-order chi connectivity index (χ1) is 6.32. The molecule has 5 nitrogen and oxygen atoms in total. The maximum absolute atomic E-state index is 13.0. The highest BCUT2D eigenvalue weighted by Crippen LogP contribution is 2.12. The van der Waals surface area contributed by atoms with Crippen molar-refractivity contribution in [2.75, 3.05) is 6.26 Å². The van der Waals surface area contributed by atoms with Gasteiger partial charge >= 0.3 is 5.97 Å². The molecule has 1 N–H and O–H groups in total. The van der Waals surface area contributed by atoms with E-state index in [-0.39, 0.29) is 0 Å². The molecule has 0 unspecified atom stereocenters. The van der Waals surface area contributed by atoms with Crippen LogP contribution < -0.4 is 0 Å². The van der Waals surface area contributed by atoms with Crippen LogP contribution in [0, 0.1) is 5.82 Å². The number of rotatable bonds is 2. The minimum absolute atomic E-state index is 0.394. The molecule has 0 atom stereocenters. The quantitative estimate of drug-likeness (QED) is 0.774. The number of aromatic carboxylic acids is 1. The number of carbonyl (C=O) groups is 1. The van der Waals surface area contributed by atoms with Gasteiger partial charge in [-0.15, -0.1) is 0 Å². The molecule has 0 saturated carbocycles. The standard InChI is InChI=1S/C7H6FNO4S/c1-14(12,13)6-5(8)2-4(3-9-6)7(10)11/h2-3H,1H3,(H,10,11). The van der Waals surface area contributed by atoms with E-state index in [0.717, 1.165) is 12.5 Å². The maximum atomic E-state index is 13.0. The Kier molecular flexibility index (Phi) is 2.52. The van der Waals surface area contributed by atoms with Crippen LogP contribution >= 0.6 is 0 Å². The molecule has 0 spiro atoms. The van der Waals surface area contributed by atoms with Gasteiger partial charge < -0.3 is 5.11 Å². The number of hydrogen-bond donors (Lipinski definition) is 1. The topological polar surface area (TPSA) is 84.3 Å². The molecule has 1 rings (SSSR count). The van der Waals surface area contributed by atoms with Gasteiger partial charge in [0.25, 0.3) is 0 Å². The Bertz CT molecular complexity index is 482. The van der Waals surface area contributed by atoms with E-state index in [9.17, 15) is 17.6 Å². The number of carboxylic acids is 1. The van der Waals surface area contributed by atoms with Crippen LogP contribution in [0.5, 0.6) is 0 Å². The molecule has 0 aromatic carbocycles. The van der Waals surface area contributed by atoms with Crippen molar-refractivity contribution in [3.05, 3.63) is 23.6 Å². The fraction of sp³-hybridized carbons (Fsp3) is 0.143. The van der Waals surface area contributed by atoms with Gasteiger partial charge in [0.2, 0.25) is 0 Å². The summed E-state index contributed by atoms with van der Waals surface area (Å²) in [7, 11) is -3.75. The summed E-state index contributed by atoms with van der Waals surface area (Å²) in [4.78, 5) is 13.6. The first-order valence-corrected chi connectivity index (χ1v) is 5.30. The Labute approximate surface area is 79.1 Å². The molecule has 0 fully saturated rings. The smallest absolute Gasteiger partial charge is 0.337 e. The minimum atomic E-state index is -3.75. The van der Waals surface area contributed by atoms with E-state index in [1.165, 1.54) is 0 Å². The Balaban J connectivity index is 3.35. The Morgan fingerprint density at radius 2 is 2.14 bits per heavy atom. The molecule has 0 amide bonds. The number of sulfone groups is 1. The lowest BCUT2D eigenvalue weighted by molar-refractivity contribution is 0.0695. The number of aromatic nitrogens is 1. The molecule has 1 aromatic rings. The van der Waals surface area contributed by atoms with Gasteiger partial charge in [0.15, 0.2) is 20.7 Å². The second-order valence-corrected chi connectivity index (χ2v) is 4.52. The fourth-order valence-corrected chi connectivity index (χ4v) is 1.47. The van der Waals surface area contributed by atoms with Crippen molar-refractivity contribution in [1.82, 2.24) is 4.98 Å². The van der Waals surface area contributed by atoms with Crippen LogP contribution in [-0.4, -0.2) is 30.7 Å². The normalized spacial score (nSPS) is 11.3. The number of nitrogens with zero attached hydrogens (tertiary/aromatic N) is 1. The third-order valence-corrected chi connectivity index (χ3v) is 2.41. The Morgan fingerprint density at radius 1 is 1.57 bits per heavy atom. The van der Waals surface area contributed by atoms with Crippen molar-refractivity contribution in [3.63, 3.8) is 0 Å². The lowest BCUT2D eigenvalue weighted by Gasteiger charge is -1.99. The Hall–Kier alpha value is -1.50. The molecule has 1 aromatic heterocycles. The molecule has 0 radical (unpaired) electrons. The predicted octanol–water partition coefficient (Wildman–Crippen LogP) is 0.322. The average Bonchev–Trinajstić information content (AvgIpc) is 2.01. The van der Waals surface area contributed by atoms with Crippen molar-refractivity contribution >= 4 is 15.8 Å². The van der Waals surface area contributed by atoms with Gasteiger partial charge in [-0.05, 0) is 6.07 Å². The number of pyridine rings is 1. The fourth-order valence-electron chi connectivity index (χ4n) is 0.815. The van der Waals surface area contributed by atoms with Gasteiger partial charge in [-0.1, -0.05) is 0 Å². The van der Waals surface area contributed by atoms with Crippen molar-refractivity contribution in [2.45, 2.75) is 5.03 Å². The van der Waals surface area contributed by atoms with E-state index >= 15 is 0 Å². The van der Waals surface area contributed by atoms with Crippen LogP contribution in [0.3, 0.4) is 0 Å². The Morgan fingerprint density at radius 3 is 2.50 bits per heavy atom. The average molecular weight is 219 g/mol. The summed E-state index contributed by atoms with van der Waals surface area (Å²) < 4.78 is 34.8. The molecule has 0 aliphatic heterocycles. The number of hydrogen-bond acceptors (Lipinski definition) is 4. The number of carboxylic acid groups (broad SMARTS) is 1. The lowest BCUT2D eigenvalue weighted by Crippen LogP contribution is -2.07. The van der Waals surface area contributed by atoms with Gasteiger partial charge in [0.05, 0.1) is 5.56 Å². The van der Waals surface area contributed by atoms with Crippen molar-refractivity contribution in [3.8, 4) is 0 Å². The van der Waals surface area contributed by atoms with Gasteiger partial charge in [-0.3, -0.25) is 0 Å². The monoisotopic (exact) mass is 219 g/mol. The van der Waals surface area contributed by atoms with Gasteiger partial charge in [-0.25, -0.2) is 22.6 Å². The van der Waals surface area contributed by atoms with Crippen molar-refractivity contribution < 1.29 is 22.7 Å². The molecule has 0 aliphatic rings. The molecule has 1 heterocycles. The SMILES string of the molecule is CS(=O)(=O)c1ncc(C(=O)O)cc1F. The largest absolute Gasteiger partial charge is 0.478 e. The van der Waals surface area contributed by atoms with Crippen LogP contribution in [0.2, 0.25) is 0 Å². The summed E-state index contributed by atoms with van der Waals surface area (Å²) in [5.41, 5.74) is -0.394. The van der Waals surface area contributed by atoms with E-state index in [4.69, 9.17) is 5.11 Å². The molecular formula is C7H6FNO4S. The molecule has 14 heavy (non-hydrogen) atoms.